The van der Waals surface area contributed by atoms with Gasteiger partial charge in [0.1, 0.15) is 5.75 Å². The maximum absolute atomic E-state index is 12.9. The number of aryl methyl sites for hydroxylation is 1. The van der Waals surface area contributed by atoms with Gasteiger partial charge in [0.2, 0.25) is 5.91 Å². The van der Waals surface area contributed by atoms with Crippen molar-refractivity contribution in [3.05, 3.63) is 59.9 Å². The Morgan fingerprint density at radius 2 is 1.88 bits per heavy atom. The van der Waals surface area contributed by atoms with E-state index in [2.05, 4.69) is 25.4 Å². The van der Waals surface area contributed by atoms with Crippen molar-refractivity contribution in [1.82, 2.24) is 14.8 Å². The van der Waals surface area contributed by atoms with E-state index in [1.54, 1.807) is 7.11 Å². The first-order valence-electron chi connectivity index (χ1n) is 11.9. The zero-order valence-electron chi connectivity index (χ0n) is 20.1. The second-order valence-corrected chi connectivity index (χ2v) is 10.1. The third-order valence-corrected chi connectivity index (χ3v) is 7.22. The highest BCUT2D eigenvalue weighted by molar-refractivity contribution is 8.00. The molecule has 1 unspecified atom stereocenters. The molecule has 1 aliphatic carbocycles. The zero-order valence-corrected chi connectivity index (χ0v) is 20.9. The van der Waals surface area contributed by atoms with Crippen LogP contribution in [0.15, 0.2) is 53.7 Å². The van der Waals surface area contributed by atoms with E-state index in [9.17, 15) is 4.79 Å². The number of anilines is 2. The molecule has 1 saturated carbocycles. The molecule has 0 spiro atoms. The highest BCUT2D eigenvalue weighted by atomic mass is 32.2. The van der Waals surface area contributed by atoms with Crippen molar-refractivity contribution < 1.29 is 9.53 Å². The van der Waals surface area contributed by atoms with E-state index in [4.69, 9.17) is 4.74 Å². The van der Waals surface area contributed by atoms with Crippen molar-refractivity contribution in [2.75, 3.05) is 17.7 Å². The van der Waals surface area contributed by atoms with E-state index in [-0.39, 0.29) is 11.2 Å². The summed E-state index contributed by atoms with van der Waals surface area (Å²) in [5.41, 5.74) is 2.94. The molecule has 2 aromatic carbocycles. The quantitative estimate of drug-likeness (QED) is 0.376. The van der Waals surface area contributed by atoms with E-state index in [0.717, 1.165) is 46.5 Å². The molecule has 7 nitrogen and oxygen atoms in total. The smallest absolute Gasteiger partial charge is 0.237 e. The first-order chi connectivity index (χ1) is 16.5. The van der Waals surface area contributed by atoms with Gasteiger partial charge in [-0.25, -0.2) is 0 Å². The van der Waals surface area contributed by atoms with Crippen LogP contribution in [0.5, 0.6) is 5.75 Å². The lowest BCUT2D eigenvalue weighted by Crippen LogP contribution is -2.24. The molecule has 1 aliphatic rings. The minimum atomic E-state index is -0.299. The normalized spacial score (nSPS) is 15.0. The minimum Gasteiger partial charge on any atom is -0.497 e. The molecule has 180 valence electrons. The zero-order chi connectivity index (χ0) is 23.9. The predicted molar refractivity (Wildman–Crippen MR) is 138 cm³/mol. The van der Waals surface area contributed by atoms with Crippen LogP contribution in [0.2, 0.25) is 0 Å². The summed E-state index contributed by atoms with van der Waals surface area (Å²) in [6.45, 7) is 4.51. The fourth-order valence-electron chi connectivity index (χ4n) is 4.22. The third-order valence-electron chi connectivity index (χ3n) is 6.17. The average molecular weight is 480 g/mol. The number of amides is 1. The van der Waals surface area contributed by atoms with E-state index in [0.29, 0.717) is 12.6 Å². The van der Waals surface area contributed by atoms with Crippen molar-refractivity contribution in [2.24, 2.45) is 0 Å². The summed E-state index contributed by atoms with van der Waals surface area (Å²) < 4.78 is 7.59. The van der Waals surface area contributed by atoms with Gasteiger partial charge < -0.3 is 19.9 Å². The lowest BCUT2D eigenvalue weighted by atomic mass is 9.95. The van der Waals surface area contributed by atoms with Crippen molar-refractivity contribution >= 4 is 29.0 Å². The van der Waals surface area contributed by atoms with E-state index in [1.165, 1.54) is 31.0 Å². The number of benzene rings is 2. The van der Waals surface area contributed by atoms with Crippen LogP contribution in [0.3, 0.4) is 0 Å². The Kier molecular flexibility index (Phi) is 8.11. The molecule has 8 heteroatoms. The molecule has 2 N–H and O–H groups in total. The third kappa shape index (κ3) is 6.11. The van der Waals surface area contributed by atoms with Crippen LogP contribution < -0.4 is 15.4 Å². The Labute approximate surface area is 205 Å². The number of thioether (sulfide) groups is 1. The SMILES string of the molecule is COc1cccc(NCc2nnc(SC(C)C(=O)Nc3ccc(C)cc3)n2C2CCCCC2)c1. The van der Waals surface area contributed by atoms with Crippen LogP contribution in [0.25, 0.3) is 0 Å². The molecule has 34 heavy (non-hydrogen) atoms. The minimum absolute atomic E-state index is 0.0388. The molecule has 0 bridgehead atoms. The van der Waals surface area contributed by atoms with Gasteiger partial charge in [0.15, 0.2) is 11.0 Å². The Hall–Kier alpha value is -3.00. The van der Waals surface area contributed by atoms with Crippen molar-refractivity contribution in [3.63, 3.8) is 0 Å². The molecule has 1 heterocycles. The molecule has 0 radical (unpaired) electrons. The Morgan fingerprint density at radius 3 is 2.62 bits per heavy atom. The van der Waals surface area contributed by atoms with Crippen molar-refractivity contribution in [3.8, 4) is 5.75 Å². The summed E-state index contributed by atoms with van der Waals surface area (Å²) in [7, 11) is 1.67. The molecule has 1 amide bonds. The number of nitrogens with one attached hydrogen (secondary N) is 2. The lowest BCUT2D eigenvalue weighted by Gasteiger charge is -2.26. The number of aromatic nitrogens is 3. The number of hydrogen-bond acceptors (Lipinski definition) is 6. The lowest BCUT2D eigenvalue weighted by molar-refractivity contribution is -0.115. The van der Waals surface area contributed by atoms with Gasteiger partial charge in [0.05, 0.1) is 18.9 Å². The fraction of sp³-hybridized carbons (Fsp3) is 0.423. The van der Waals surface area contributed by atoms with Crippen LogP contribution >= 0.6 is 11.8 Å². The molecule has 0 aliphatic heterocycles. The molecule has 0 saturated heterocycles. The van der Waals surface area contributed by atoms with Gasteiger partial charge in [-0.2, -0.15) is 0 Å². The van der Waals surface area contributed by atoms with Crippen LogP contribution in [0.1, 0.15) is 56.5 Å². The topological polar surface area (TPSA) is 81.1 Å². The number of carbonyl (C=O) groups is 1. The number of rotatable bonds is 9. The number of ether oxygens (including phenoxy) is 1. The average Bonchev–Trinajstić information content (AvgIpc) is 3.27. The summed E-state index contributed by atoms with van der Waals surface area (Å²) in [6, 6.07) is 16.1. The van der Waals surface area contributed by atoms with Gasteiger partial charge in [-0.1, -0.05) is 54.8 Å². The monoisotopic (exact) mass is 479 g/mol. The summed E-state index contributed by atoms with van der Waals surface area (Å²) in [5.74, 6) is 1.66. The number of hydrogen-bond donors (Lipinski definition) is 2. The molecule has 1 fully saturated rings. The van der Waals surface area contributed by atoms with E-state index < -0.39 is 0 Å². The van der Waals surface area contributed by atoms with Crippen molar-refractivity contribution in [2.45, 2.75) is 68.9 Å². The van der Waals surface area contributed by atoms with Gasteiger partial charge in [0, 0.05) is 23.5 Å². The highest BCUT2D eigenvalue weighted by Gasteiger charge is 2.26. The molecular formula is C26H33N5O2S. The standard InChI is InChI=1S/C26H33N5O2S/c1-18-12-14-20(15-13-18)28-25(32)19(2)34-26-30-29-24(31(26)22-9-5-4-6-10-22)17-27-21-8-7-11-23(16-21)33-3/h7-8,11-16,19,22,27H,4-6,9-10,17H2,1-3H3,(H,28,32). The van der Waals surface area contributed by atoms with Crippen LogP contribution in [0.4, 0.5) is 11.4 Å². The molecule has 1 aromatic heterocycles. The van der Waals surface area contributed by atoms with Gasteiger partial charge in [-0.15, -0.1) is 10.2 Å². The second kappa shape index (κ2) is 11.4. The maximum atomic E-state index is 12.9. The van der Waals surface area contributed by atoms with E-state index in [1.807, 2.05) is 62.4 Å². The van der Waals surface area contributed by atoms with Crippen LogP contribution in [0, 0.1) is 6.92 Å². The van der Waals surface area contributed by atoms with E-state index >= 15 is 0 Å². The Morgan fingerprint density at radius 1 is 1.12 bits per heavy atom. The Bertz CT molecular complexity index is 1090. The Balaban J connectivity index is 1.48. The largest absolute Gasteiger partial charge is 0.497 e. The number of methoxy groups -OCH3 is 1. The van der Waals surface area contributed by atoms with Gasteiger partial charge in [-0.3, -0.25) is 4.79 Å². The highest BCUT2D eigenvalue weighted by Crippen LogP contribution is 2.34. The molecule has 3 aromatic rings. The maximum Gasteiger partial charge on any atom is 0.237 e. The fourth-order valence-corrected chi connectivity index (χ4v) is 5.16. The second-order valence-electron chi connectivity index (χ2n) is 8.76. The van der Waals surface area contributed by atoms with Crippen LogP contribution in [-0.2, 0) is 11.3 Å². The van der Waals surface area contributed by atoms with Gasteiger partial charge in [-0.05, 0) is 51.0 Å². The van der Waals surface area contributed by atoms with Crippen molar-refractivity contribution in [1.29, 1.82) is 0 Å². The first kappa shape index (κ1) is 24.1. The molecule has 1 atom stereocenters. The summed E-state index contributed by atoms with van der Waals surface area (Å²) >= 11 is 1.47. The summed E-state index contributed by atoms with van der Waals surface area (Å²) in [5, 5.41) is 16.0. The number of nitrogens with zero attached hydrogens (tertiary/aromatic N) is 3. The molecular weight excluding hydrogens is 446 g/mol. The van der Waals surface area contributed by atoms with Gasteiger partial charge in [0.25, 0.3) is 0 Å². The predicted octanol–water partition coefficient (Wildman–Crippen LogP) is 5.83. The number of carbonyl (C=O) groups excluding carboxylic acids is 1. The van der Waals surface area contributed by atoms with Gasteiger partial charge >= 0.3 is 0 Å². The summed E-state index contributed by atoms with van der Waals surface area (Å²) in [6.07, 6.45) is 5.91. The van der Waals surface area contributed by atoms with Crippen LogP contribution in [-0.4, -0.2) is 33.0 Å². The molecule has 4 rings (SSSR count). The first-order valence-corrected chi connectivity index (χ1v) is 12.8. The summed E-state index contributed by atoms with van der Waals surface area (Å²) in [4.78, 5) is 12.9.